The van der Waals surface area contributed by atoms with Crippen LogP contribution in [0.15, 0.2) is 28.8 Å². The summed E-state index contributed by atoms with van der Waals surface area (Å²) in [6.45, 7) is 6.04. The van der Waals surface area contributed by atoms with Crippen LogP contribution in [0.3, 0.4) is 0 Å². The second-order valence-corrected chi connectivity index (χ2v) is 5.52. The average molecular weight is 280 g/mol. The average Bonchev–Trinajstić information content (AvgIpc) is 2.70. The molecule has 2 aromatic heterocycles. The van der Waals surface area contributed by atoms with E-state index < -0.39 is 6.10 Å². The molecule has 0 aliphatic rings. The van der Waals surface area contributed by atoms with Gasteiger partial charge in [0.1, 0.15) is 16.7 Å². The van der Waals surface area contributed by atoms with Gasteiger partial charge in [-0.25, -0.2) is 4.98 Å². The van der Waals surface area contributed by atoms with Crippen LogP contribution in [-0.4, -0.2) is 10.1 Å². The van der Waals surface area contributed by atoms with Gasteiger partial charge in [0.25, 0.3) is 0 Å². The molecule has 4 heteroatoms. The van der Waals surface area contributed by atoms with Crippen molar-refractivity contribution in [3.05, 3.63) is 40.9 Å². The minimum absolute atomic E-state index is 0.427. The number of hydrogen-bond acceptors (Lipinski definition) is 3. The number of aromatic nitrogens is 1. The largest absolute Gasteiger partial charge is 0.461 e. The molecular formula is C15H18ClNO2. The van der Waals surface area contributed by atoms with Gasteiger partial charge in [0.05, 0.1) is 6.10 Å². The first-order chi connectivity index (χ1) is 8.97. The van der Waals surface area contributed by atoms with Crippen LogP contribution in [0.5, 0.6) is 0 Å². The van der Waals surface area contributed by atoms with Crippen LogP contribution < -0.4 is 0 Å². The van der Waals surface area contributed by atoms with Crippen molar-refractivity contribution in [1.29, 1.82) is 0 Å². The fourth-order valence-electron chi connectivity index (χ4n) is 2.10. The Hall–Kier alpha value is -1.32. The normalized spacial score (nSPS) is 12.9. The first-order valence-corrected chi connectivity index (χ1v) is 6.75. The van der Waals surface area contributed by atoms with Crippen molar-refractivity contribution in [2.24, 2.45) is 5.92 Å². The molecule has 0 radical (unpaired) electrons. The van der Waals surface area contributed by atoms with Crippen molar-refractivity contribution in [2.75, 3.05) is 0 Å². The van der Waals surface area contributed by atoms with Gasteiger partial charge in [0.15, 0.2) is 0 Å². The lowest BCUT2D eigenvalue weighted by atomic mass is 9.99. The van der Waals surface area contributed by atoms with E-state index >= 15 is 0 Å². The Balaban J connectivity index is 2.30. The number of hydrogen-bond donors (Lipinski definition) is 1. The molecule has 0 spiro atoms. The maximum absolute atomic E-state index is 10.2. The maximum Gasteiger partial charge on any atom is 0.134 e. The molecular weight excluding hydrogens is 262 g/mol. The van der Waals surface area contributed by atoms with Crippen molar-refractivity contribution in [2.45, 2.75) is 33.3 Å². The van der Waals surface area contributed by atoms with E-state index in [-0.39, 0.29) is 0 Å². The third-order valence-corrected chi connectivity index (χ3v) is 3.23. The highest BCUT2D eigenvalue weighted by atomic mass is 35.5. The van der Waals surface area contributed by atoms with E-state index in [0.29, 0.717) is 16.8 Å². The molecule has 0 saturated heterocycles. The van der Waals surface area contributed by atoms with Crippen LogP contribution in [0.2, 0.25) is 5.15 Å². The highest BCUT2D eigenvalue weighted by molar-refractivity contribution is 6.29. The predicted molar refractivity (Wildman–Crippen MR) is 76.1 cm³/mol. The zero-order chi connectivity index (χ0) is 14.0. The zero-order valence-electron chi connectivity index (χ0n) is 11.4. The van der Waals surface area contributed by atoms with Gasteiger partial charge < -0.3 is 9.52 Å². The summed E-state index contributed by atoms with van der Waals surface area (Å²) in [6.07, 6.45) is 1.87. The van der Waals surface area contributed by atoms with Gasteiger partial charge in [-0.2, -0.15) is 0 Å². The van der Waals surface area contributed by atoms with E-state index in [9.17, 15) is 5.11 Å². The molecule has 2 heterocycles. The molecule has 1 N–H and O–H groups in total. The van der Waals surface area contributed by atoms with Gasteiger partial charge in [-0.1, -0.05) is 25.4 Å². The van der Waals surface area contributed by atoms with Crippen LogP contribution in [-0.2, 0) is 0 Å². The standard InChI is InChI=1S/C15H18ClNO2/c1-9(2)6-13(18)12-8-14(19-10(12)3)11-4-5-17-15(16)7-11/h4-5,7-9,13,18H,6H2,1-3H3. The molecule has 0 aliphatic heterocycles. The highest BCUT2D eigenvalue weighted by Crippen LogP contribution is 2.32. The minimum Gasteiger partial charge on any atom is -0.461 e. The number of rotatable bonds is 4. The second-order valence-electron chi connectivity index (χ2n) is 5.13. The Labute approximate surface area is 118 Å². The fourth-order valence-corrected chi connectivity index (χ4v) is 2.27. The van der Waals surface area contributed by atoms with Crippen LogP contribution in [0.4, 0.5) is 0 Å². The third kappa shape index (κ3) is 3.37. The van der Waals surface area contributed by atoms with Gasteiger partial charge in [-0.3, -0.25) is 0 Å². The molecule has 0 amide bonds. The van der Waals surface area contributed by atoms with Crippen molar-refractivity contribution in [3.63, 3.8) is 0 Å². The number of nitrogens with zero attached hydrogens (tertiary/aromatic N) is 1. The molecule has 0 saturated carbocycles. The van der Waals surface area contributed by atoms with E-state index in [2.05, 4.69) is 18.8 Å². The molecule has 2 rings (SSSR count). The van der Waals surface area contributed by atoms with E-state index in [1.54, 1.807) is 12.3 Å². The van der Waals surface area contributed by atoms with E-state index in [1.165, 1.54) is 0 Å². The number of aliphatic hydroxyl groups excluding tert-OH is 1. The fraction of sp³-hybridized carbons (Fsp3) is 0.400. The van der Waals surface area contributed by atoms with Crippen LogP contribution in [0.25, 0.3) is 11.3 Å². The lowest BCUT2D eigenvalue weighted by Gasteiger charge is -2.11. The van der Waals surface area contributed by atoms with Crippen LogP contribution >= 0.6 is 11.6 Å². The van der Waals surface area contributed by atoms with Crippen molar-refractivity contribution in [3.8, 4) is 11.3 Å². The number of furan rings is 1. The molecule has 0 fully saturated rings. The van der Waals surface area contributed by atoms with Crippen molar-refractivity contribution >= 4 is 11.6 Å². The number of aryl methyl sites for hydroxylation is 1. The van der Waals surface area contributed by atoms with Crippen LogP contribution in [0, 0.1) is 12.8 Å². The summed E-state index contributed by atoms with van der Waals surface area (Å²) in [5, 5.41) is 10.6. The summed E-state index contributed by atoms with van der Waals surface area (Å²) >= 11 is 5.87. The Kier molecular flexibility index (Phi) is 4.27. The SMILES string of the molecule is Cc1oc(-c2ccnc(Cl)c2)cc1C(O)CC(C)C. The predicted octanol–water partition coefficient (Wildman–Crippen LogP) is 4.38. The molecule has 3 nitrogen and oxygen atoms in total. The molecule has 0 bridgehead atoms. The molecule has 1 unspecified atom stereocenters. The first kappa shape index (κ1) is 14.1. The topological polar surface area (TPSA) is 46.3 Å². The van der Waals surface area contributed by atoms with Crippen molar-refractivity contribution < 1.29 is 9.52 Å². The van der Waals surface area contributed by atoms with Crippen molar-refractivity contribution in [1.82, 2.24) is 4.98 Å². The van der Waals surface area contributed by atoms with E-state index in [0.717, 1.165) is 23.3 Å². The Morgan fingerprint density at radius 3 is 2.74 bits per heavy atom. The molecule has 0 aliphatic carbocycles. The van der Waals surface area contributed by atoms with Gasteiger partial charge in [-0.15, -0.1) is 0 Å². The summed E-state index contributed by atoms with van der Waals surface area (Å²) in [7, 11) is 0. The van der Waals surface area contributed by atoms with Gasteiger partial charge in [0.2, 0.25) is 0 Å². The number of aliphatic hydroxyl groups is 1. The van der Waals surface area contributed by atoms with Crippen LogP contribution in [0.1, 0.15) is 37.7 Å². The first-order valence-electron chi connectivity index (χ1n) is 6.37. The van der Waals surface area contributed by atoms with E-state index in [4.69, 9.17) is 16.0 Å². The summed E-state index contributed by atoms with van der Waals surface area (Å²) in [6, 6.07) is 5.47. The van der Waals surface area contributed by atoms with E-state index in [1.807, 2.05) is 19.1 Å². The third-order valence-electron chi connectivity index (χ3n) is 3.02. The number of halogens is 1. The molecule has 0 aromatic carbocycles. The number of pyridine rings is 1. The molecule has 2 aromatic rings. The van der Waals surface area contributed by atoms with Gasteiger partial charge in [-0.05, 0) is 37.5 Å². The Morgan fingerprint density at radius 1 is 1.37 bits per heavy atom. The minimum atomic E-state index is -0.491. The second kappa shape index (κ2) is 5.76. The Bertz CT molecular complexity index is 563. The summed E-state index contributed by atoms with van der Waals surface area (Å²) in [4.78, 5) is 3.94. The molecule has 19 heavy (non-hydrogen) atoms. The monoisotopic (exact) mass is 279 g/mol. The Morgan fingerprint density at radius 2 is 2.11 bits per heavy atom. The zero-order valence-corrected chi connectivity index (χ0v) is 12.1. The maximum atomic E-state index is 10.2. The summed E-state index contributed by atoms with van der Waals surface area (Å²) < 4.78 is 5.71. The smallest absolute Gasteiger partial charge is 0.134 e. The lowest BCUT2D eigenvalue weighted by molar-refractivity contribution is 0.149. The highest BCUT2D eigenvalue weighted by Gasteiger charge is 2.17. The summed E-state index contributed by atoms with van der Waals surface area (Å²) in [5.41, 5.74) is 1.71. The summed E-state index contributed by atoms with van der Waals surface area (Å²) in [5.74, 6) is 1.89. The molecule has 1 atom stereocenters. The molecule has 102 valence electrons. The van der Waals surface area contributed by atoms with Gasteiger partial charge in [0, 0.05) is 17.3 Å². The quantitative estimate of drug-likeness (QED) is 0.845. The van der Waals surface area contributed by atoms with Gasteiger partial charge >= 0.3 is 0 Å². The lowest BCUT2D eigenvalue weighted by Crippen LogP contribution is -2.01.